The maximum Gasteiger partial charge on any atom is 0.335 e. The predicted octanol–water partition coefficient (Wildman–Crippen LogP) is 2.95. The number of amides is 1. The lowest BCUT2D eigenvalue weighted by atomic mass is 10.1. The molecule has 0 aliphatic heterocycles. The van der Waals surface area contributed by atoms with E-state index in [-0.39, 0.29) is 11.5 Å². The molecule has 0 aliphatic carbocycles. The molecule has 96 valence electrons. The highest BCUT2D eigenvalue weighted by molar-refractivity contribution is 6.05. The van der Waals surface area contributed by atoms with Crippen LogP contribution in [0.3, 0.4) is 0 Å². The fraction of sp³-hybridized carbons (Fsp3) is 0.0667. The van der Waals surface area contributed by atoms with Gasteiger partial charge in [-0.1, -0.05) is 18.2 Å². The van der Waals surface area contributed by atoms with E-state index in [0.29, 0.717) is 5.56 Å². The monoisotopic (exact) mass is 255 g/mol. The van der Waals surface area contributed by atoms with Crippen molar-refractivity contribution in [3.8, 4) is 0 Å². The summed E-state index contributed by atoms with van der Waals surface area (Å²) >= 11 is 0. The molecule has 2 N–H and O–H groups in total. The molecule has 0 heterocycles. The molecule has 0 unspecified atom stereocenters. The molecule has 0 atom stereocenters. The van der Waals surface area contributed by atoms with E-state index < -0.39 is 5.97 Å². The zero-order valence-corrected chi connectivity index (χ0v) is 10.4. The topological polar surface area (TPSA) is 66.4 Å². The second-order valence-electron chi connectivity index (χ2n) is 4.15. The van der Waals surface area contributed by atoms with Gasteiger partial charge in [0.05, 0.1) is 5.56 Å². The Labute approximate surface area is 110 Å². The molecule has 1 amide bonds. The van der Waals surface area contributed by atoms with Crippen LogP contribution in [-0.2, 0) is 0 Å². The highest BCUT2D eigenvalue weighted by atomic mass is 16.4. The lowest BCUT2D eigenvalue weighted by Gasteiger charge is -2.08. The molecule has 2 aromatic rings. The number of carboxylic acid groups (broad SMARTS) is 1. The number of nitrogens with one attached hydrogen (secondary N) is 1. The maximum absolute atomic E-state index is 12.0. The number of hydrogen-bond donors (Lipinski definition) is 2. The Morgan fingerprint density at radius 1 is 0.947 bits per heavy atom. The normalized spacial score (nSPS) is 9.95. The predicted molar refractivity (Wildman–Crippen MR) is 72.5 cm³/mol. The van der Waals surface area contributed by atoms with Gasteiger partial charge in [-0.15, -0.1) is 0 Å². The van der Waals surface area contributed by atoms with Gasteiger partial charge in [-0.05, 0) is 42.8 Å². The second kappa shape index (κ2) is 5.35. The van der Waals surface area contributed by atoms with Crippen LogP contribution < -0.4 is 5.32 Å². The fourth-order valence-electron chi connectivity index (χ4n) is 1.67. The molecule has 19 heavy (non-hydrogen) atoms. The van der Waals surface area contributed by atoms with Crippen LogP contribution in [0.5, 0.6) is 0 Å². The number of hydrogen-bond acceptors (Lipinski definition) is 2. The van der Waals surface area contributed by atoms with Crippen molar-refractivity contribution in [3.63, 3.8) is 0 Å². The van der Waals surface area contributed by atoms with E-state index in [9.17, 15) is 9.59 Å². The number of benzene rings is 2. The van der Waals surface area contributed by atoms with Crippen molar-refractivity contribution in [2.24, 2.45) is 0 Å². The van der Waals surface area contributed by atoms with Crippen molar-refractivity contribution in [1.29, 1.82) is 0 Å². The Kier molecular flexibility index (Phi) is 3.61. The number of aryl methyl sites for hydroxylation is 1. The summed E-state index contributed by atoms with van der Waals surface area (Å²) in [4.78, 5) is 22.7. The van der Waals surface area contributed by atoms with Gasteiger partial charge in [0.15, 0.2) is 0 Å². The van der Waals surface area contributed by atoms with Gasteiger partial charge in [0.2, 0.25) is 0 Å². The summed E-state index contributed by atoms with van der Waals surface area (Å²) in [7, 11) is 0. The van der Waals surface area contributed by atoms with Gasteiger partial charge in [-0.2, -0.15) is 0 Å². The van der Waals surface area contributed by atoms with E-state index >= 15 is 0 Å². The van der Waals surface area contributed by atoms with Crippen LogP contribution in [0, 0.1) is 6.92 Å². The number of para-hydroxylation sites is 1. The lowest BCUT2D eigenvalue weighted by molar-refractivity contribution is 0.0696. The maximum atomic E-state index is 12.0. The molecular weight excluding hydrogens is 242 g/mol. The Hall–Kier alpha value is -2.62. The van der Waals surface area contributed by atoms with Crippen molar-refractivity contribution >= 4 is 17.6 Å². The first-order valence-electron chi connectivity index (χ1n) is 5.78. The van der Waals surface area contributed by atoms with Crippen molar-refractivity contribution < 1.29 is 14.7 Å². The van der Waals surface area contributed by atoms with Gasteiger partial charge in [-0.25, -0.2) is 4.79 Å². The van der Waals surface area contributed by atoms with E-state index in [1.54, 1.807) is 0 Å². The molecule has 2 rings (SSSR count). The molecule has 0 aliphatic rings. The van der Waals surface area contributed by atoms with Gasteiger partial charge in [0.1, 0.15) is 0 Å². The van der Waals surface area contributed by atoms with Crippen LogP contribution in [0.1, 0.15) is 26.3 Å². The molecule has 0 radical (unpaired) electrons. The average molecular weight is 255 g/mol. The number of carbonyl (C=O) groups is 2. The Bertz CT molecular complexity index is 618. The molecule has 0 spiro atoms. The largest absolute Gasteiger partial charge is 0.478 e. The van der Waals surface area contributed by atoms with Crippen LogP contribution in [0.15, 0.2) is 48.5 Å². The summed E-state index contributed by atoms with van der Waals surface area (Å²) in [5.41, 5.74) is 2.30. The second-order valence-corrected chi connectivity index (χ2v) is 4.15. The van der Waals surface area contributed by atoms with E-state index in [1.807, 2.05) is 31.2 Å². The summed E-state index contributed by atoms with van der Waals surface area (Å²) < 4.78 is 0. The summed E-state index contributed by atoms with van der Waals surface area (Å²) in [6.45, 7) is 1.91. The van der Waals surface area contributed by atoms with E-state index in [1.165, 1.54) is 24.3 Å². The van der Waals surface area contributed by atoms with Crippen LogP contribution in [-0.4, -0.2) is 17.0 Å². The number of anilines is 1. The Balaban J connectivity index is 2.16. The number of rotatable bonds is 3. The minimum atomic E-state index is -1.01. The number of carboxylic acids is 1. The molecule has 2 aromatic carbocycles. The summed E-state index contributed by atoms with van der Waals surface area (Å²) in [6, 6.07) is 13.3. The third-order valence-electron chi connectivity index (χ3n) is 2.79. The fourth-order valence-corrected chi connectivity index (χ4v) is 1.67. The number of aromatic carboxylic acids is 1. The van der Waals surface area contributed by atoms with Crippen LogP contribution >= 0.6 is 0 Å². The van der Waals surface area contributed by atoms with E-state index in [0.717, 1.165) is 11.3 Å². The summed E-state index contributed by atoms with van der Waals surface area (Å²) in [6.07, 6.45) is 0. The molecule has 0 saturated carbocycles. The summed E-state index contributed by atoms with van der Waals surface area (Å²) in [5.74, 6) is -1.27. The molecule has 0 bridgehead atoms. The van der Waals surface area contributed by atoms with Gasteiger partial charge >= 0.3 is 5.97 Å². The minimum Gasteiger partial charge on any atom is -0.478 e. The van der Waals surface area contributed by atoms with E-state index in [4.69, 9.17) is 5.11 Å². The molecule has 0 aromatic heterocycles. The van der Waals surface area contributed by atoms with Gasteiger partial charge in [0, 0.05) is 11.3 Å². The molecule has 0 saturated heterocycles. The number of carbonyl (C=O) groups excluding carboxylic acids is 1. The van der Waals surface area contributed by atoms with E-state index in [2.05, 4.69) is 5.32 Å². The van der Waals surface area contributed by atoms with Crippen molar-refractivity contribution in [3.05, 3.63) is 65.2 Å². The quantitative estimate of drug-likeness (QED) is 0.886. The highest BCUT2D eigenvalue weighted by Crippen LogP contribution is 2.15. The molecule has 0 fully saturated rings. The van der Waals surface area contributed by atoms with Crippen LogP contribution in [0.2, 0.25) is 0 Å². The third kappa shape index (κ3) is 2.98. The zero-order chi connectivity index (χ0) is 13.8. The highest BCUT2D eigenvalue weighted by Gasteiger charge is 2.08. The average Bonchev–Trinajstić information content (AvgIpc) is 2.41. The SMILES string of the molecule is Cc1ccccc1NC(=O)c1ccc(C(=O)O)cc1. The molecular formula is C15H13NO3. The first kappa shape index (κ1) is 12.8. The van der Waals surface area contributed by atoms with Gasteiger partial charge in [-0.3, -0.25) is 4.79 Å². The van der Waals surface area contributed by atoms with Gasteiger partial charge < -0.3 is 10.4 Å². The summed E-state index contributed by atoms with van der Waals surface area (Å²) in [5, 5.41) is 11.6. The van der Waals surface area contributed by atoms with Crippen molar-refractivity contribution in [1.82, 2.24) is 0 Å². The van der Waals surface area contributed by atoms with Crippen LogP contribution in [0.25, 0.3) is 0 Å². The standard InChI is InChI=1S/C15H13NO3/c1-10-4-2-3-5-13(10)16-14(17)11-6-8-12(9-7-11)15(18)19/h2-9H,1H3,(H,16,17)(H,18,19). The Morgan fingerprint density at radius 3 is 2.11 bits per heavy atom. The van der Waals surface area contributed by atoms with Gasteiger partial charge in [0.25, 0.3) is 5.91 Å². The molecule has 4 heteroatoms. The lowest BCUT2D eigenvalue weighted by Crippen LogP contribution is -2.12. The third-order valence-corrected chi connectivity index (χ3v) is 2.79. The first-order valence-corrected chi connectivity index (χ1v) is 5.78. The smallest absolute Gasteiger partial charge is 0.335 e. The first-order chi connectivity index (χ1) is 9.08. The minimum absolute atomic E-state index is 0.160. The van der Waals surface area contributed by atoms with Crippen LogP contribution in [0.4, 0.5) is 5.69 Å². The van der Waals surface area contributed by atoms with Crippen molar-refractivity contribution in [2.75, 3.05) is 5.32 Å². The molecule has 4 nitrogen and oxygen atoms in total. The van der Waals surface area contributed by atoms with Crippen molar-refractivity contribution in [2.45, 2.75) is 6.92 Å². The Morgan fingerprint density at radius 2 is 1.53 bits per heavy atom. The zero-order valence-electron chi connectivity index (χ0n) is 10.4.